The number of nitrogens with one attached hydrogen (secondary N) is 4. The average Bonchev–Trinajstić information content (AvgIpc) is 4.18. The molecule has 4 aliphatic rings. The topological polar surface area (TPSA) is 265 Å². The second-order valence-electron chi connectivity index (χ2n) is 17.3. The molecule has 2 saturated heterocycles. The van der Waals surface area contributed by atoms with Crippen molar-refractivity contribution in [1.82, 2.24) is 45.9 Å². The molecule has 0 bridgehead atoms. The monoisotopic (exact) mass is 939 g/mol. The standard InChI is InChI=1S/C26H27N5O6.C22H18N4O6/c1-30(2)8-4-5-20(32)16-9-21-19(27-12-16)11-22(37-21)26(24(34)28-25(35)29-26)14-31-13-15-6-7-17(36-3)10-18(15)23(31)33;1-11(27)13-5-17-16(23-8-13)7-18(32-17)22(20(29)24-21(30)25-22)10-26-9-12-3-4-14(31-2)6-15(12)19(26)28/h6-7,9-12H,4-5,8,13-14H2,1-3H3,(H2,28,29,34,35);3-8H,9-10H2,1-2H3,(H2,24,25,29,30)/t26-;22-/m00/s1. The molecule has 4 aliphatic heterocycles. The number of amides is 8. The van der Waals surface area contributed by atoms with E-state index in [1.54, 1.807) is 48.5 Å². The number of urea groups is 2. The Morgan fingerprint density at radius 3 is 1.57 bits per heavy atom. The van der Waals surface area contributed by atoms with E-state index in [0.717, 1.165) is 17.7 Å². The Morgan fingerprint density at radius 2 is 1.14 bits per heavy atom. The van der Waals surface area contributed by atoms with Crippen LogP contribution in [0.2, 0.25) is 0 Å². The summed E-state index contributed by atoms with van der Waals surface area (Å²) >= 11 is 0. The van der Waals surface area contributed by atoms with Crippen molar-refractivity contribution in [2.45, 2.75) is 43.9 Å². The van der Waals surface area contributed by atoms with Gasteiger partial charge in [-0.05, 0) is 81.5 Å². The molecule has 6 aromatic rings. The van der Waals surface area contributed by atoms with Crippen LogP contribution in [0.3, 0.4) is 0 Å². The second-order valence-corrected chi connectivity index (χ2v) is 17.3. The fourth-order valence-electron chi connectivity index (χ4n) is 8.77. The van der Waals surface area contributed by atoms with Crippen LogP contribution in [-0.4, -0.2) is 120 Å². The molecule has 10 rings (SSSR count). The molecular weight excluding hydrogens is 895 g/mol. The van der Waals surface area contributed by atoms with Gasteiger partial charge in [0, 0.05) is 66.3 Å². The summed E-state index contributed by atoms with van der Waals surface area (Å²) in [6.07, 6.45) is 3.97. The summed E-state index contributed by atoms with van der Waals surface area (Å²) in [5, 5.41) is 9.76. The van der Waals surface area contributed by atoms with E-state index in [0.29, 0.717) is 68.8 Å². The second kappa shape index (κ2) is 17.6. The highest BCUT2D eigenvalue weighted by Gasteiger charge is 2.54. The van der Waals surface area contributed by atoms with Crippen molar-refractivity contribution < 1.29 is 56.7 Å². The lowest BCUT2D eigenvalue weighted by molar-refractivity contribution is -0.126. The molecule has 69 heavy (non-hydrogen) atoms. The summed E-state index contributed by atoms with van der Waals surface area (Å²) in [7, 11) is 6.92. The number of methoxy groups -OCH3 is 2. The molecule has 2 atom stereocenters. The summed E-state index contributed by atoms with van der Waals surface area (Å²) < 4.78 is 22.3. The van der Waals surface area contributed by atoms with Gasteiger partial charge in [-0.1, -0.05) is 12.1 Å². The van der Waals surface area contributed by atoms with Gasteiger partial charge in [-0.15, -0.1) is 0 Å². The SMILES string of the molecule is COc1ccc2c(c1)C(=O)N(C[C@@]1(c3cc4ncc(C(=O)CCCN(C)C)cc4o3)NC(=O)NC1=O)C2.COc1ccc2c(c1)C(=O)N(C[C@@]1(c3cc4ncc(C(C)=O)cc4o3)NC(=O)NC1=O)C2. The lowest BCUT2D eigenvalue weighted by Gasteiger charge is -2.28. The van der Waals surface area contributed by atoms with Gasteiger partial charge in [-0.3, -0.25) is 49.4 Å². The van der Waals surface area contributed by atoms with E-state index in [1.807, 2.05) is 19.0 Å². The third-order valence-electron chi connectivity index (χ3n) is 12.4. The van der Waals surface area contributed by atoms with Gasteiger partial charge < -0.3 is 43.6 Å². The number of furan rings is 2. The van der Waals surface area contributed by atoms with Gasteiger partial charge >= 0.3 is 12.1 Å². The van der Waals surface area contributed by atoms with Crippen molar-refractivity contribution in [2.24, 2.45) is 0 Å². The fourth-order valence-corrected chi connectivity index (χ4v) is 8.77. The Morgan fingerprint density at radius 1 is 0.681 bits per heavy atom. The maximum Gasteiger partial charge on any atom is 0.322 e. The molecule has 4 N–H and O–H groups in total. The minimum absolute atomic E-state index is 0.0633. The Balaban J connectivity index is 0.000000174. The number of carbonyl (C=O) groups is 8. The lowest BCUT2D eigenvalue weighted by Crippen LogP contribution is -2.52. The van der Waals surface area contributed by atoms with Crippen LogP contribution < -0.4 is 30.7 Å². The van der Waals surface area contributed by atoms with E-state index in [2.05, 4.69) is 31.2 Å². The molecule has 21 heteroatoms. The van der Waals surface area contributed by atoms with Gasteiger partial charge in [0.2, 0.25) is 0 Å². The van der Waals surface area contributed by atoms with Gasteiger partial charge in [0.25, 0.3) is 23.6 Å². The largest absolute Gasteiger partial charge is 0.497 e. The predicted molar refractivity (Wildman–Crippen MR) is 242 cm³/mol. The van der Waals surface area contributed by atoms with Gasteiger partial charge in [-0.25, -0.2) is 9.59 Å². The zero-order chi connectivity index (χ0) is 48.9. The van der Waals surface area contributed by atoms with E-state index >= 15 is 0 Å². The van der Waals surface area contributed by atoms with E-state index < -0.39 is 35.0 Å². The fraction of sp³-hybridized carbons (Fsp3) is 0.292. The molecule has 2 aromatic carbocycles. The van der Waals surface area contributed by atoms with Crippen LogP contribution in [0, 0.1) is 0 Å². The smallest absolute Gasteiger partial charge is 0.322 e. The summed E-state index contributed by atoms with van der Waals surface area (Å²) in [5.74, 6) is -0.782. The predicted octanol–water partition coefficient (Wildman–Crippen LogP) is 3.78. The van der Waals surface area contributed by atoms with E-state index in [1.165, 1.54) is 55.5 Å². The Labute approximate surface area is 392 Å². The van der Waals surface area contributed by atoms with Crippen LogP contribution in [0.4, 0.5) is 9.59 Å². The van der Waals surface area contributed by atoms with Crippen molar-refractivity contribution >= 4 is 69.5 Å². The van der Waals surface area contributed by atoms with Crippen LogP contribution in [0.5, 0.6) is 11.5 Å². The molecule has 0 unspecified atom stereocenters. The zero-order valence-corrected chi connectivity index (χ0v) is 38.0. The molecule has 8 amide bonds. The number of benzene rings is 2. The first-order chi connectivity index (χ1) is 33.0. The summed E-state index contributed by atoms with van der Waals surface area (Å²) in [4.78, 5) is 114. The first-order valence-corrected chi connectivity index (χ1v) is 21.7. The first kappa shape index (κ1) is 45.7. The Kier molecular flexibility index (Phi) is 11.7. The third-order valence-corrected chi connectivity index (χ3v) is 12.4. The summed E-state index contributed by atoms with van der Waals surface area (Å²) in [5.41, 5.74) is 1.42. The van der Waals surface area contributed by atoms with Crippen molar-refractivity contribution in [3.05, 3.63) is 118 Å². The number of pyridine rings is 2. The molecule has 2 fully saturated rings. The highest BCUT2D eigenvalue weighted by atomic mass is 16.5. The molecule has 354 valence electrons. The highest BCUT2D eigenvalue weighted by Crippen LogP contribution is 2.37. The van der Waals surface area contributed by atoms with Crippen LogP contribution in [0.25, 0.3) is 22.2 Å². The maximum atomic E-state index is 13.2. The zero-order valence-electron chi connectivity index (χ0n) is 38.0. The summed E-state index contributed by atoms with van der Waals surface area (Å²) in [6, 6.07) is 15.2. The third kappa shape index (κ3) is 8.36. The molecule has 0 spiro atoms. The van der Waals surface area contributed by atoms with Gasteiger partial charge in [0.1, 0.15) is 34.1 Å². The van der Waals surface area contributed by atoms with Gasteiger partial charge in [-0.2, -0.15) is 0 Å². The molecule has 21 nitrogen and oxygen atoms in total. The normalized spacial score (nSPS) is 19.3. The van der Waals surface area contributed by atoms with Crippen LogP contribution >= 0.6 is 0 Å². The van der Waals surface area contributed by atoms with E-state index in [-0.39, 0.29) is 61.1 Å². The van der Waals surface area contributed by atoms with Crippen molar-refractivity contribution in [1.29, 1.82) is 0 Å². The van der Waals surface area contributed by atoms with Gasteiger partial charge in [0.15, 0.2) is 33.8 Å². The van der Waals surface area contributed by atoms with E-state index in [9.17, 15) is 38.4 Å². The quantitative estimate of drug-likeness (QED) is 0.0895. The average molecular weight is 940 g/mol. The van der Waals surface area contributed by atoms with Crippen molar-refractivity contribution in [3.8, 4) is 11.5 Å². The number of ketones is 2. The number of nitrogens with zero attached hydrogens (tertiary/aromatic N) is 5. The minimum atomic E-state index is -1.66. The lowest BCUT2D eigenvalue weighted by atomic mass is 9.95. The highest BCUT2D eigenvalue weighted by molar-refractivity contribution is 6.10. The molecular formula is C48H45N9O12. The molecule has 0 radical (unpaired) electrons. The first-order valence-electron chi connectivity index (χ1n) is 21.7. The molecule has 4 aromatic heterocycles. The number of fused-ring (bicyclic) bond motifs is 4. The number of carbonyl (C=O) groups excluding carboxylic acids is 8. The molecule has 0 saturated carbocycles. The van der Waals surface area contributed by atoms with Crippen molar-refractivity contribution in [2.75, 3.05) is 47.9 Å². The molecule has 0 aliphatic carbocycles. The number of Topliss-reactive ketones (excluding diaryl/α,β-unsaturated/α-hetero) is 2. The van der Waals surface area contributed by atoms with Crippen molar-refractivity contribution in [3.63, 3.8) is 0 Å². The van der Waals surface area contributed by atoms with Gasteiger partial charge in [0.05, 0.1) is 27.3 Å². The minimum Gasteiger partial charge on any atom is -0.497 e. The Hall–Kier alpha value is -8.46. The van der Waals surface area contributed by atoms with E-state index in [4.69, 9.17) is 18.3 Å². The maximum absolute atomic E-state index is 13.2. The van der Waals surface area contributed by atoms with Crippen LogP contribution in [-0.2, 0) is 33.8 Å². The number of imide groups is 2. The number of ether oxygens (including phenoxy) is 2. The Bertz CT molecular complexity index is 3180. The number of aromatic nitrogens is 2. The number of hydrogen-bond donors (Lipinski definition) is 4. The summed E-state index contributed by atoms with van der Waals surface area (Å²) in [6.45, 7) is 2.40. The number of rotatable bonds is 14. The number of hydrogen-bond acceptors (Lipinski definition) is 15. The molecule has 8 heterocycles. The van der Waals surface area contributed by atoms with Crippen LogP contribution in [0.15, 0.2) is 81.9 Å². The van der Waals surface area contributed by atoms with Crippen LogP contribution in [0.1, 0.15) is 83.8 Å².